The third-order valence-corrected chi connectivity index (χ3v) is 8.41. The minimum absolute atomic E-state index is 0.0582. The first kappa shape index (κ1) is 30.5. The zero-order chi connectivity index (χ0) is 28.5. The highest BCUT2D eigenvalue weighted by molar-refractivity contribution is 8.00. The van der Waals surface area contributed by atoms with Crippen LogP contribution < -0.4 is 11.1 Å². The predicted octanol–water partition coefficient (Wildman–Crippen LogP) is 0.630. The highest BCUT2D eigenvalue weighted by atomic mass is 32.2. The monoisotopic (exact) mass is 564 g/mol. The highest BCUT2D eigenvalue weighted by Crippen LogP contribution is 2.32. The van der Waals surface area contributed by atoms with Crippen molar-refractivity contribution in [3.63, 3.8) is 0 Å². The molecule has 5 amide bonds. The fraction of sp³-hybridized carbons (Fsp3) is 0.654. The van der Waals surface area contributed by atoms with Gasteiger partial charge in [0, 0.05) is 37.4 Å². The van der Waals surface area contributed by atoms with Crippen LogP contribution in [0, 0.1) is 11.8 Å². The van der Waals surface area contributed by atoms with E-state index < -0.39 is 35.0 Å². The number of imide groups is 2. The number of amides is 5. The van der Waals surface area contributed by atoms with Crippen LogP contribution in [0.25, 0.3) is 0 Å². The average Bonchev–Trinajstić information content (AvgIpc) is 3.36. The third kappa shape index (κ3) is 8.72. The number of nitrogens with two attached hydrogens (primary N) is 1. The van der Waals surface area contributed by atoms with E-state index in [9.17, 15) is 33.6 Å². The molecule has 12 nitrogen and oxygen atoms in total. The van der Waals surface area contributed by atoms with Gasteiger partial charge in [0.2, 0.25) is 5.91 Å². The van der Waals surface area contributed by atoms with Gasteiger partial charge in [-0.2, -0.15) is 0 Å². The zero-order valence-corrected chi connectivity index (χ0v) is 22.9. The normalized spacial score (nSPS) is 23.9. The largest absolute Gasteiger partial charge is 0.356 e. The summed E-state index contributed by atoms with van der Waals surface area (Å²) in [5, 5.41) is 2.61. The van der Waals surface area contributed by atoms with Crippen LogP contribution in [-0.4, -0.2) is 81.4 Å². The predicted molar refractivity (Wildman–Crippen MR) is 140 cm³/mol. The molecule has 2 heterocycles. The van der Waals surface area contributed by atoms with Gasteiger partial charge in [-0.25, -0.2) is 4.79 Å². The number of carbonyl (C=O) groups is 7. The van der Waals surface area contributed by atoms with Crippen molar-refractivity contribution in [1.82, 2.24) is 15.3 Å². The molecule has 3 N–H and O–H groups in total. The molecule has 0 aromatic carbocycles. The maximum absolute atomic E-state index is 12.7. The number of nitrogens with one attached hydrogen (secondary N) is 1. The molecule has 0 spiro atoms. The van der Waals surface area contributed by atoms with Gasteiger partial charge in [0.25, 0.3) is 23.6 Å². The molecule has 2 atom stereocenters. The van der Waals surface area contributed by atoms with Gasteiger partial charge in [-0.15, -0.1) is 16.8 Å². The van der Waals surface area contributed by atoms with E-state index in [1.165, 1.54) is 35.7 Å². The fourth-order valence-corrected chi connectivity index (χ4v) is 5.81. The number of hydrogen-bond acceptors (Lipinski definition) is 10. The second-order valence-corrected chi connectivity index (χ2v) is 11.5. The lowest BCUT2D eigenvalue weighted by Gasteiger charge is -2.29. The lowest BCUT2D eigenvalue weighted by Crippen LogP contribution is -2.39. The van der Waals surface area contributed by atoms with Crippen molar-refractivity contribution in [3.05, 3.63) is 12.2 Å². The standard InChI is InChI=1S/C26H36N4O8S/c1-16(31)19(27)4-2-3-12-28-21(32)11-13-39-20-14-24(35)30(25(20)36)38-26(37)18-7-5-17(6-8-18)15-29-22(33)9-10-23(29)34/h9-10,17-20H,2-8,11-15,27H2,1H3,(H,28,32). The second kappa shape index (κ2) is 14.4. The average molecular weight is 565 g/mol. The van der Waals surface area contributed by atoms with Gasteiger partial charge in [0.1, 0.15) is 5.78 Å². The van der Waals surface area contributed by atoms with Crippen LogP contribution in [0.5, 0.6) is 0 Å². The Kier molecular flexibility index (Phi) is 11.2. The first-order chi connectivity index (χ1) is 18.6. The third-order valence-electron chi connectivity index (χ3n) is 7.20. The molecular formula is C26H36N4O8S. The number of hydrogen-bond donors (Lipinski definition) is 2. The maximum atomic E-state index is 12.7. The van der Waals surface area contributed by atoms with E-state index in [1.54, 1.807) is 0 Å². The van der Waals surface area contributed by atoms with Crippen LogP contribution in [0.1, 0.15) is 64.7 Å². The highest BCUT2D eigenvalue weighted by Gasteiger charge is 2.43. The Hall–Kier alpha value is -3.06. The van der Waals surface area contributed by atoms with Crippen LogP contribution in [0.2, 0.25) is 0 Å². The molecular weight excluding hydrogens is 528 g/mol. The summed E-state index contributed by atoms with van der Waals surface area (Å²) < 4.78 is 0. The Labute approximate surface area is 231 Å². The number of hydroxylamine groups is 2. The molecule has 1 saturated carbocycles. The molecule has 2 fully saturated rings. The Balaban J connectivity index is 1.31. The van der Waals surface area contributed by atoms with Crippen molar-refractivity contribution in [2.75, 3.05) is 18.8 Å². The molecule has 3 aliphatic rings. The summed E-state index contributed by atoms with van der Waals surface area (Å²) in [6.07, 6.45) is 6.73. The molecule has 0 bridgehead atoms. The Bertz CT molecular complexity index is 1010. The Morgan fingerprint density at radius 3 is 2.38 bits per heavy atom. The fourth-order valence-electron chi connectivity index (χ4n) is 4.73. The van der Waals surface area contributed by atoms with Crippen molar-refractivity contribution in [1.29, 1.82) is 0 Å². The number of Topliss-reactive ketones (excluding diaryl/α,β-unsaturated/α-hetero) is 1. The van der Waals surface area contributed by atoms with Crippen LogP contribution in [0.4, 0.5) is 0 Å². The SMILES string of the molecule is CC(=O)C(N)CCCCNC(=O)CCSC1CC(=O)N(OC(=O)C2CCC(CN3C(=O)C=CC3=O)CC2)C1=O. The topological polar surface area (TPSA) is 173 Å². The molecule has 39 heavy (non-hydrogen) atoms. The van der Waals surface area contributed by atoms with E-state index in [-0.39, 0.29) is 42.3 Å². The summed E-state index contributed by atoms with van der Waals surface area (Å²) in [6, 6.07) is -0.471. The van der Waals surface area contributed by atoms with Gasteiger partial charge in [-0.05, 0) is 57.8 Å². The molecule has 3 rings (SSSR count). The molecule has 1 aliphatic carbocycles. The number of carbonyl (C=O) groups excluding carboxylic acids is 7. The van der Waals surface area contributed by atoms with E-state index in [2.05, 4.69) is 5.32 Å². The molecule has 214 valence electrons. The van der Waals surface area contributed by atoms with E-state index in [1.807, 2.05) is 0 Å². The number of rotatable bonds is 14. The number of unbranched alkanes of at least 4 members (excludes halogenated alkanes) is 1. The molecule has 0 radical (unpaired) electrons. The van der Waals surface area contributed by atoms with E-state index in [0.717, 1.165) is 6.42 Å². The summed E-state index contributed by atoms with van der Waals surface area (Å²) in [5.74, 6) is -2.79. The number of nitrogens with zero attached hydrogens (tertiary/aromatic N) is 2. The molecule has 2 unspecified atom stereocenters. The number of thioether (sulfide) groups is 1. The summed E-state index contributed by atoms with van der Waals surface area (Å²) in [4.78, 5) is 90.7. The summed E-state index contributed by atoms with van der Waals surface area (Å²) in [6.45, 7) is 2.22. The van der Waals surface area contributed by atoms with Crippen LogP contribution in [0.15, 0.2) is 12.2 Å². The summed E-state index contributed by atoms with van der Waals surface area (Å²) in [7, 11) is 0. The first-order valence-electron chi connectivity index (χ1n) is 13.3. The molecule has 2 aliphatic heterocycles. The smallest absolute Gasteiger partial charge is 0.336 e. The minimum Gasteiger partial charge on any atom is -0.356 e. The van der Waals surface area contributed by atoms with Crippen molar-refractivity contribution >= 4 is 53.1 Å². The van der Waals surface area contributed by atoms with Gasteiger partial charge in [0.05, 0.1) is 23.6 Å². The summed E-state index contributed by atoms with van der Waals surface area (Å²) >= 11 is 1.17. The molecule has 0 aromatic rings. The number of ketones is 1. The van der Waals surface area contributed by atoms with E-state index >= 15 is 0 Å². The minimum atomic E-state index is -0.717. The quantitative estimate of drug-likeness (QED) is 0.225. The van der Waals surface area contributed by atoms with E-state index in [0.29, 0.717) is 62.4 Å². The summed E-state index contributed by atoms with van der Waals surface area (Å²) in [5.41, 5.74) is 5.67. The van der Waals surface area contributed by atoms with Crippen LogP contribution in [0.3, 0.4) is 0 Å². The Morgan fingerprint density at radius 1 is 1.08 bits per heavy atom. The van der Waals surface area contributed by atoms with Gasteiger partial charge in [-0.1, -0.05) is 0 Å². The van der Waals surface area contributed by atoms with Crippen molar-refractivity contribution in [2.24, 2.45) is 17.6 Å². The molecule has 0 aromatic heterocycles. The Morgan fingerprint density at radius 2 is 1.74 bits per heavy atom. The van der Waals surface area contributed by atoms with Crippen molar-refractivity contribution < 1.29 is 38.4 Å². The molecule has 1 saturated heterocycles. The van der Waals surface area contributed by atoms with Gasteiger partial charge in [0.15, 0.2) is 0 Å². The van der Waals surface area contributed by atoms with Gasteiger partial charge < -0.3 is 15.9 Å². The van der Waals surface area contributed by atoms with Crippen molar-refractivity contribution in [2.45, 2.75) is 76.0 Å². The zero-order valence-electron chi connectivity index (χ0n) is 22.1. The van der Waals surface area contributed by atoms with Gasteiger partial charge in [-0.3, -0.25) is 33.7 Å². The molecule has 13 heteroatoms. The van der Waals surface area contributed by atoms with Gasteiger partial charge >= 0.3 is 5.97 Å². The first-order valence-corrected chi connectivity index (χ1v) is 14.4. The lowest BCUT2D eigenvalue weighted by molar-refractivity contribution is -0.201. The van der Waals surface area contributed by atoms with E-state index in [4.69, 9.17) is 10.6 Å². The lowest BCUT2D eigenvalue weighted by atomic mass is 9.82. The van der Waals surface area contributed by atoms with Crippen LogP contribution >= 0.6 is 11.8 Å². The second-order valence-electron chi connectivity index (χ2n) is 10.2. The maximum Gasteiger partial charge on any atom is 0.336 e. The van der Waals surface area contributed by atoms with Crippen LogP contribution in [-0.2, 0) is 38.4 Å². The van der Waals surface area contributed by atoms with Crippen molar-refractivity contribution in [3.8, 4) is 0 Å².